The molecule has 1 aliphatic heterocycles. The Balaban J connectivity index is 1.58. The Morgan fingerprint density at radius 1 is 1.06 bits per heavy atom. The summed E-state index contributed by atoms with van der Waals surface area (Å²) >= 11 is 0. The highest BCUT2D eigenvalue weighted by atomic mass is 32.2. The van der Waals surface area contributed by atoms with Crippen molar-refractivity contribution in [2.75, 3.05) is 24.9 Å². The van der Waals surface area contributed by atoms with Gasteiger partial charge in [-0.2, -0.15) is 0 Å². The molecule has 0 spiro atoms. The number of nitrogens with one attached hydrogen (secondary N) is 2. The quantitative estimate of drug-likeness (QED) is 0.448. The van der Waals surface area contributed by atoms with E-state index >= 15 is 0 Å². The van der Waals surface area contributed by atoms with Gasteiger partial charge >= 0.3 is 0 Å². The van der Waals surface area contributed by atoms with Crippen molar-refractivity contribution in [1.29, 1.82) is 0 Å². The number of benzene rings is 2. The van der Waals surface area contributed by atoms with Gasteiger partial charge in [0.2, 0.25) is 11.8 Å². The van der Waals surface area contributed by atoms with E-state index in [0.29, 0.717) is 17.9 Å². The summed E-state index contributed by atoms with van der Waals surface area (Å²) in [7, 11) is -2.37. The number of amides is 3. The number of hydrogen-bond donors (Lipinski definition) is 2. The third-order valence-electron chi connectivity index (χ3n) is 4.75. The van der Waals surface area contributed by atoms with Gasteiger partial charge < -0.3 is 10.1 Å². The first-order chi connectivity index (χ1) is 14.8. The average molecular weight is 445 g/mol. The molecule has 31 heavy (non-hydrogen) atoms. The topological polar surface area (TPSA) is 122 Å². The fourth-order valence-electron chi connectivity index (χ4n) is 3.09. The average Bonchev–Trinajstić information content (AvgIpc) is 3.09. The molecule has 1 saturated heterocycles. The maximum Gasteiger partial charge on any atom is 0.261 e. The molecule has 2 N–H and O–H groups in total. The van der Waals surface area contributed by atoms with Crippen LogP contribution in [0.5, 0.6) is 5.75 Å². The lowest BCUT2D eigenvalue weighted by Crippen LogP contribution is -2.33. The second-order valence-electron chi connectivity index (χ2n) is 6.91. The molecule has 0 atom stereocenters. The van der Waals surface area contributed by atoms with Gasteiger partial charge in [0.05, 0.1) is 12.0 Å². The number of imide groups is 1. The van der Waals surface area contributed by atoms with E-state index in [1.54, 1.807) is 24.3 Å². The zero-order chi connectivity index (χ0) is 22.4. The van der Waals surface area contributed by atoms with Crippen LogP contribution < -0.4 is 14.8 Å². The second kappa shape index (κ2) is 9.61. The van der Waals surface area contributed by atoms with Crippen LogP contribution in [-0.2, 0) is 19.6 Å². The van der Waals surface area contributed by atoms with Gasteiger partial charge in [0.15, 0.2) is 0 Å². The summed E-state index contributed by atoms with van der Waals surface area (Å²) in [5.74, 6) is -0.238. The van der Waals surface area contributed by atoms with Crippen molar-refractivity contribution in [3.63, 3.8) is 0 Å². The van der Waals surface area contributed by atoms with Gasteiger partial charge in [-0.3, -0.25) is 24.0 Å². The van der Waals surface area contributed by atoms with E-state index in [4.69, 9.17) is 4.74 Å². The summed E-state index contributed by atoms with van der Waals surface area (Å²) in [6.07, 6.45) is 0.883. The highest BCUT2D eigenvalue weighted by Crippen LogP contribution is 2.20. The second-order valence-corrected chi connectivity index (χ2v) is 8.59. The highest BCUT2D eigenvalue weighted by Gasteiger charge is 2.28. The Bertz CT molecular complexity index is 1070. The van der Waals surface area contributed by atoms with Crippen molar-refractivity contribution in [2.45, 2.75) is 24.2 Å². The SMILES string of the molecule is COc1ccc(NS(=O)(=O)c2cccc(C(=O)NCCCN3C(=O)CCC3=O)c2)cc1. The minimum Gasteiger partial charge on any atom is -0.497 e. The molecule has 0 unspecified atom stereocenters. The lowest BCUT2D eigenvalue weighted by atomic mass is 10.2. The van der Waals surface area contributed by atoms with E-state index in [0.717, 1.165) is 0 Å². The van der Waals surface area contributed by atoms with Crippen molar-refractivity contribution in [1.82, 2.24) is 10.2 Å². The maximum absolute atomic E-state index is 12.7. The van der Waals surface area contributed by atoms with Crippen molar-refractivity contribution in [3.05, 3.63) is 54.1 Å². The van der Waals surface area contributed by atoms with Crippen molar-refractivity contribution < 1.29 is 27.5 Å². The van der Waals surface area contributed by atoms with Gasteiger partial charge in [-0.25, -0.2) is 8.42 Å². The van der Waals surface area contributed by atoms with E-state index in [9.17, 15) is 22.8 Å². The van der Waals surface area contributed by atoms with Gasteiger partial charge in [-0.1, -0.05) is 6.07 Å². The van der Waals surface area contributed by atoms with E-state index in [2.05, 4.69) is 10.0 Å². The predicted molar refractivity (Wildman–Crippen MR) is 113 cm³/mol. The van der Waals surface area contributed by atoms with Gasteiger partial charge in [-0.15, -0.1) is 0 Å². The number of carbonyl (C=O) groups is 3. The molecule has 1 fully saturated rings. The Morgan fingerprint density at radius 3 is 2.39 bits per heavy atom. The molecule has 0 aromatic heterocycles. The molecule has 9 nitrogen and oxygen atoms in total. The number of sulfonamides is 1. The van der Waals surface area contributed by atoms with Gasteiger partial charge in [0.25, 0.3) is 15.9 Å². The number of nitrogens with zero attached hydrogens (tertiary/aromatic N) is 1. The largest absolute Gasteiger partial charge is 0.497 e. The molecule has 0 bridgehead atoms. The molecule has 0 saturated carbocycles. The van der Waals surface area contributed by atoms with Crippen LogP contribution in [0.3, 0.4) is 0 Å². The van der Waals surface area contributed by atoms with Crippen LogP contribution in [0.15, 0.2) is 53.4 Å². The predicted octanol–water partition coefficient (Wildman–Crippen LogP) is 1.76. The Hall–Kier alpha value is -3.40. The number of hydrogen-bond acceptors (Lipinski definition) is 6. The molecular weight excluding hydrogens is 422 g/mol. The standard InChI is InChI=1S/C21H23N3O6S/c1-30-17-8-6-16(7-9-17)23-31(28,29)18-5-2-4-15(14-18)21(27)22-12-3-13-24-19(25)10-11-20(24)26/h2,4-9,14,23H,3,10-13H2,1H3,(H,22,27). The summed E-state index contributed by atoms with van der Waals surface area (Å²) in [4.78, 5) is 36.7. The number of likely N-dealkylation sites (tertiary alicyclic amines) is 1. The van der Waals surface area contributed by atoms with E-state index in [1.165, 1.54) is 36.3 Å². The molecule has 2 aromatic carbocycles. The zero-order valence-electron chi connectivity index (χ0n) is 17.0. The minimum absolute atomic E-state index is 0.0516. The molecule has 0 aliphatic carbocycles. The molecule has 10 heteroatoms. The monoisotopic (exact) mass is 445 g/mol. The van der Waals surface area contributed by atoms with Crippen molar-refractivity contribution >= 4 is 33.4 Å². The van der Waals surface area contributed by atoms with Crippen LogP contribution in [0.1, 0.15) is 29.6 Å². The fraction of sp³-hybridized carbons (Fsp3) is 0.286. The molecule has 1 aliphatic rings. The number of anilines is 1. The normalized spacial score (nSPS) is 13.9. The van der Waals surface area contributed by atoms with Gasteiger partial charge in [0, 0.05) is 37.2 Å². The summed E-state index contributed by atoms with van der Waals surface area (Å²) < 4.78 is 32.8. The van der Waals surface area contributed by atoms with Crippen molar-refractivity contribution in [2.24, 2.45) is 0 Å². The minimum atomic E-state index is -3.89. The molecule has 3 rings (SSSR count). The van der Waals surface area contributed by atoms with E-state index in [-0.39, 0.29) is 48.2 Å². The number of methoxy groups -OCH3 is 1. The highest BCUT2D eigenvalue weighted by molar-refractivity contribution is 7.92. The summed E-state index contributed by atoms with van der Waals surface area (Å²) in [6.45, 7) is 0.495. The van der Waals surface area contributed by atoms with Crippen LogP contribution >= 0.6 is 0 Å². The summed E-state index contributed by atoms with van der Waals surface area (Å²) in [5.41, 5.74) is 0.549. The molecule has 2 aromatic rings. The Morgan fingerprint density at radius 2 is 1.74 bits per heavy atom. The molecular formula is C21H23N3O6S. The lowest BCUT2D eigenvalue weighted by molar-refractivity contribution is -0.138. The van der Waals surface area contributed by atoms with E-state index < -0.39 is 15.9 Å². The zero-order valence-corrected chi connectivity index (χ0v) is 17.8. The number of ether oxygens (including phenoxy) is 1. The van der Waals surface area contributed by atoms with E-state index in [1.807, 2.05) is 0 Å². The van der Waals surface area contributed by atoms with Crippen LogP contribution in [0.2, 0.25) is 0 Å². The lowest BCUT2D eigenvalue weighted by Gasteiger charge is -2.14. The first kappa shape index (κ1) is 22.3. The molecule has 1 heterocycles. The van der Waals surface area contributed by atoms with Crippen molar-refractivity contribution in [3.8, 4) is 5.75 Å². The fourth-order valence-corrected chi connectivity index (χ4v) is 4.20. The molecule has 164 valence electrons. The first-order valence-corrected chi connectivity index (χ1v) is 11.2. The first-order valence-electron chi connectivity index (χ1n) is 9.68. The molecule has 3 amide bonds. The van der Waals surface area contributed by atoms with Crippen LogP contribution in [0, 0.1) is 0 Å². The van der Waals surface area contributed by atoms with Crippen LogP contribution in [-0.4, -0.2) is 51.2 Å². The van der Waals surface area contributed by atoms with Crippen LogP contribution in [0.25, 0.3) is 0 Å². The Labute approximate surface area is 180 Å². The number of rotatable bonds is 9. The summed E-state index contributed by atoms with van der Waals surface area (Å²) in [6, 6.07) is 12.1. The van der Waals surface area contributed by atoms with Gasteiger partial charge in [0.1, 0.15) is 5.75 Å². The smallest absolute Gasteiger partial charge is 0.261 e. The third kappa shape index (κ3) is 5.60. The van der Waals surface area contributed by atoms with Crippen LogP contribution in [0.4, 0.5) is 5.69 Å². The molecule has 0 radical (unpaired) electrons. The third-order valence-corrected chi connectivity index (χ3v) is 6.13. The van der Waals surface area contributed by atoms with Gasteiger partial charge in [-0.05, 0) is 48.9 Å². The maximum atomic E-state index is 12.7. The Kier molecular flexibility index (Phi) is 6.91. The number of carbonyl (C=O) groups excluding carboxylic acids is 3. The summed E-state index contributed by atoms with van der Waals surface area (Å²) in [5, 5.41) is 2.68.